The molecular formula is C9H17K. The number of hydrogen-bond donors (Lipinski definition) is 0. The van der Waals surface area contributed by atoms with Crippen molar-refractivity contribution in [1.29, 1.82) is 0 Å². The third kappa shape index (κ3) is 2.31. The Labute approximate surface area is 108 Å². The van der Waals surface area contributed by atoms with Crippen LogP contribution in [0.4, 0.5) is 0 Å². The van der Waals surface area contributed by atoms with Gasteiger partial charge < -0.3 is 6.42 Å². The van der Waals surface area contributed by atoms with Gasteiger partial charge in [-0.05, 0) is 0 Å². The third-order valence-corrected chi connectivity index (χ3v) is 3.10. The van der Waals surface area contributed by atoms with E-state index in [0.717, 1.165) is 23.7 Å². The van der Waals surface area contributed by atoms with Crippen LogP contribution in [-0.2, 0) is 0 Å². The molecule has 0 aromatic heterocycles. The maximum atomic E-state index is 2.48. The van der Waals surface area contributed by atoms with Gasteiger partial charge in [-0.1, -0.05) is 39.5 Å². The van der Waals surface area contributed by atoms with E-state index in [9.17, 15) is 0 Å². The molecule has 0 bridgehead atoms. The molecule has 1 rings (SSSR count). The van der Waals surface area contributed by atoms with Gasteiger partial charge in [-0.2, -0.15) is 11.8 Å². The fraction of sp³-hybridized carbons (Fsp3) is 0.889. The Bertz CT molecular complexity index is 88.9. The van der Waals surface area contributed by atoms with Crippen molar-refractivity contribution in [1.82, 2.24) is 0 Å². The Morgan fingerprint density at radius 3 is 1.20 bits per heavy atom. The van der Waals surface area contributed by atoms with Crippen LogP contribution in [0.3, 0.4) is 0 Å². The van der Waals surface area contributed by atoms with Crippen LogP contribution in [0.25, 0.3) is 0 Å². The zero-order valence-electron chi connectivity index (χ0n) is 7.89. The first-order valence-electron chi connectivity index (χ1n) is 3.98. The normalized spacial score (nSPS) is 46.8. The average molecular weight is 164 g/mol. The first kappa shape index (κ1) is 11.6. The summed E-state index contributed by atoms with van der Waals surface area (Å²) in [7, 11) is 0. The summed E-state index contributed by atoms with van der Waals surface area (Å²) in [6, 6.07) is 0. The Kier molecular flexibility index (Phi) is 5.37. The quantitative estimate of drug-likeness (QED) is 0.342. The first-order chi connectivity index (χ1) is 4.13. The fourth-order valence-electron chi connectivity index (χ4n) is 1.79. The second-order valence-corrected chi connectivity index (χ2v) is 3.63. The summed E-state index contributed by atoms with van der Waals surface area (Å²) in [5.74, 6) is 3.49. The van der Waals surface area contributed by atoms with Gasteiger partial charge in [0.15, 0.2) is 0 Å². The van der Waals surface area contributed by atoms with E-state index in [1.807, 2.05) is 0 Å². The monoisotopic (exact) mass is 164 g/mol. The van der Waals surface area contributed by atoms with Crippen LogP contribution in [0.15, 0.2) is 0 Å². The summed E-state index contributed by atoms with van der Waals surface area (Å²) >= 11 is 0. The third-order valence-electron chi connectivity index (χ3n) is 3.10. The molecule has 1 aliphatic rings. The van der Waals surface area contributed by atoms with Crippen molar-refractivity contribution in [2.75, 3.05) is 0 Å². The van der Waals surface area contributed by atoms with E-state index in [4.69, 9.17) is 0 Å². The summed E-state index contributed by atoms with van der Waals surface area (Å²) in [4.78, 5) is 0. The first-order valence-corrected chi connectivity index (χ1v) is 3.98. The van der Waals surface area contributed by atoms with Crippen molar-refractivity contribution in [3.63, 3.8) is 0 Å². The second kappa shape index (κ2) is 4.61. The molecule has 0 heterocycles. The molecule has 4 unspecified atom stereocenters. The van der Waals surface area contributed by atoms with Gasteiger partial charge in [-0.25, -0.2) is 0 Å². The van der Waals surface area contributed by atoms with Crippen LogP contribution >= 0.6 is 0 Å². The van der Waals surface area contributed by atoms with Crippen LogP contribution in [0.5, 0.6) is 0 Å². The van der Waals surface area contributed by atoms with Crippen LogP contribution in [0.2, 0.25) is 0 Å². The minimum absolute atomic E-state index is 0. The molecule has 1 saturated carbocycles. The maximum absolute atomic E-state index is 2.48. The Morgan fingerprint density at radius 1 is 0.800 bits per heavy atom. The molecule has 0 aliphatic heterocycles. The van der Waals surface area contributed by atoms with Crippen molar-refractivity contribution >= 4 is 0 Å². The predicted octanol–water partition coefficient (Wildman–Crippen LogP) is -0.247. The van der Waals surface area contributed by atoms with Crippen LogP contribution in [0, 0.1) is 30.1 Å². The van der Waals surface area contributed by atoms with E-state index >= 15 is 0 Å². The SMILES string of the molecule is CC1[CH-]C(C)C(C)C1C.[K+]. The molecule has 1 heteroatoms. The molecule has 0 saturated heterocycles. The van der Waals surface area contributed by atoms with E-state index in [2.05, 4.69) is 34.1 Å². The molecular weight excluding hydrogens is 147 g/mol. The van der Waals surface area contributed by atoms with Gasteiger partial charge in [0.1, 0.15) is 0 Å². The molecule has 1 fully saturated rings. The molecule has 0 aromatic carbocycles. The van der Waals surface area contributed by atoms with Crippen LogP contribution in [0.1, 0.15) is 27.7 Å². The van der Waals surface area contributed by atoms with Gasteiger partial charge >= 0.3 is 51.4 Å². The molecule has 10 heavy (non-hydrogen) atoms. The molecule has 0 radical (unpaired) electrons. The Morgan fingerprint density at radius 2 is 1.10 bits per heavy atom. The van der Waals surface area contributed by atoms with E-state index in [0.29, 0.717) is 0 Å². The summed E-state index contributed by atoms with van der Waals surface area (Å²) in [5.41, 5.74) is 0. The molecule has 54 valence electrons. The minimum atomic E-state index is 0. The standard InChI is InChI=1S/C9H17.K/c1-6-5-7(2)9(4)8(6)3;/h5-9H,1-4H3;/q-1;+1. The van der Waals surface area contributed by atoms with Crippen molar-refractivity contribution in [2.45, 2.75) is 27.7 Å². The van der Waals surface area contributed by atoms with Gasteiger partial charge in [-0.3, -0.25) is 0 Å². The van der Waals surface area contributed by atoms with Crippen molar-refractivity contribution < 1.29 is 51.4 Å². The van der Waals surface area contributed by atoms with Gasteiger partial charge in [0.25, 0.3) is 0 Å². The number of hydrogen-bond acceptors (Lipinski definition) is 0. The van der Waals surface area contributed by atoms with E-state index < -0.39 is 0 Å². The fourth-order valence-corrected chi connectivity index (χ4v) is 1.79. The molecule has 0 nitrogen and oxygen atoms in total. The van der Waals surface area contributed by atoms with Crippen molar-refractivity contribution in [3.8, 4) is 0 Å². The van der Waals surface area contributed by atoms with Gasteiger partial charge in [-0.15, -0.1) is 0 Å². The summed E-state index contributed by atoms with van der Waals surface area (Å²) < 4.78 is 0. The van der Waals surface area contributed by atoms with E-state index in [1.54, 1.807) is 0 Å². The van der Waals surface area contributed by atoms with Crippen LogP contribution < -0.4 is 51.4 Å². The van der Waals surface area contributed by atoms with Gasteiger partial charge in [0.05, 0.1) is 0 Å². The minimum Gasteiger partial charge on any atom is -0.322 e. The zero-order valence-corrected chi connectivity index (χ0v) is 11.0. The molecule has 0 aromatic rings. The van der Waals surface area contributed by atoms with Crippen molar-refractivity contribution in [3.05, 3.63) is 6.42 Å². The smallest absolute Gasteiger partial charge is 0.322 e. The molecule has 0 spiro atoms. The average Bonchev–Trinajstić information content (AvgIpc) is 1.98. The Balaban J connectivity index is 0.000000810. The number of rotatable bonds is 0. The summed E-state index contributed by atoms with van der Waals surface area (Å²) in [6.45, 7) is 9.36. The van der Waals surface area contributed by atoms with Crippen LogP contribution in [-0.4, -0.2) is 0 Å². The van der Waals surface area contributed by atoms with Gasteiger partial charge in [0.2, 0.25) is 0 Å². The molecule has 0 amide bonds. The van der Waals surface area contributed by atoms with E-state index in [-0.39, 0.29) is 51.4 Å². The van der Waals surface area contributed by atoms with Gasteiger partial charge in [0, 0.05) is 0 Å². The van der Waals surface area contributed by atoms with E-state index in [1.165, 1.54) is 0 Å². The zero-order chi connectivity index (χ0) is 7.02. The molecule has 1 aliphatic carbocycles. The second-order valence-electron chi connectivity index (χ2n) is 3.63. The van der Waals surface area contributed by atoms with Crippen molar-refractivity contribution in [2.24, 2.45) is 23.7 Å². The summed E-state index contributed by atoms with van der Waals surface area (Å²) in [6.07, 6.45) is 2.48. The summed E-state index contributed by atoms with van der Waals surface area (Å²) in [5, 5.41) is 0. The largest absolute Gasteiger partial charge is 1.00 e. The Hall–Kier alpha value is 1.64. The molecule has 4 atom stereocenters. The predicted molar refractivity (Wildman–Crippen MR) is 41.0 cm³/mol. The maximum Gasteiger partial charge on any atom is 1.00 e. The molecule has 0 N–H and O–H groups in total. The topological polar surface area (TPSA) is 0 Å².